The third-order valence-corrected chi connectivity index (χ3v) is 6.35. The number of carbonyl (C=O) groups is 1. The Labute approximate surface area is 195 Å². The van der Waals surface area contributed by atoms with Crippen molar-refractivity contribution in [1.82, 2.24) is 15.1 Å². The van der Waals surface area contributed by atoms with E-state index >= 15 is 0 Å². The van der Waals surface area contributed by atoms with Crippen LogP contribution in [0.25, 0.3) is 11.5 Å². The number of hydrogen-bond donors (Lipinski definition) is 0. The van der Waals surface area contributed by atoms with Crippen molar-refractivity contribution in [1.29, 1.82) is 0 Å². The van der Waals surface area contributed by atoms with Crippen LogP contribution in [0.15, 0.2) is 93.8 Å². The van der Waals surface area contributed by atoms with Gasteiger partial charge in [-0.25, -0.2) is 0 Å². The first kappa shape index (κ1) is 20.6. The topological polar surface area (TPSA) is 59.2 Å². The predicted octanol–water partition coefficient (Wildman–Crippen LogP) is 5.82. The van der Waals surface area contributed by atoms with E-state index in [0.717, 1.165) is 34.0 Å². The van der Waals surface area contributed by atoms with Crippen molar-refractivity contribution < 1.29 is 9.21 Å². The Morgan fingerprint density at radius 2 is 1.50 bits per heavy atom. The molecule has 0 bridgehead atoms. The molecule has 6 heteroatoms. The van der Waals surface area contributed by atoms with E-state index in [4.69, 9.17) is 4.42 Å². The Morgan fingerprint density at radius 1 is 0.906 bits per heavy atom. The summed E-state index contributed by atoms with van der Waals surface area (Å²) in [6, 6.07) is 27.8. The van der Waals surface area contributed by atoms with Crippen LogP contribution in [0, 0.1) is 0 Å². The molecule has 0 aliphatic heterocycles. The van der Waals surface area contributed by atoms with Gasteiger partial charge in [0.15, 0.2) is 0 Å². The van der Waals surface area contributed by atoms with E-state index in [1.807, 2.05) is 89.8 Å². The van der Waals surface area contributed by atoms with E-state index in [2.05, 4.69) is 26.1 Å². The molecule has 5 nitrogen and oxygen atoms in total. The van der Waals surface area contributed by atoms with Crippen LogP contribution in [0.3, 0.4) is 0 Å². The highest BCUT2D eigenvalue weighted by molar-refractivity contribution is 9.10. The molecule has 0 saturated heterocycles. The maximum absolute atomic E-state index is 13.9. The molecule has 3 aromatic carbocycles. The van der Waals surface area contributed by atoms with Crippen molar-refractivity contribution in [2.24, 2.45) is 0 Å². The summed E-state index contributed by atoms with van der Waals surface area (Å²) in [6.07, 6.45) is 1.99. The minimum Gasteiger partial charge on any atom is -0.419 e. The summed E-state index contributed by atoms with van der Waals surface area (Å²) in [7, 11) is 0. The Hall–Kier alpha value is -3.25. The van der Waals surface area contributed by atoms with Gasteiger partial charge in [-0.2, -0.15) is 0 Å². The Morgan fingerprint density at radius 3 is 2.09 bits per heavy atom. The van der Waals surface area contributed by atoms with Gasteiger partial charge < -0.3 is 9.32 Å². The van der Waals surface area contributed by atoms with Gasteiger partial charge in [-0.1, -0.05) is 72.8 Å². The highest BCUT2D eigenvalue weighted by Gasteiger charge is 2.38. The second-order valence-corrected chi connectivity index (χ2v) is 8.79. The van der Waals surface area contributed by atoms with Gasteiger partial charge in [0.05, 0.1) is 18.0 Å². The summed E-state index contributed by atoms with van der Waals surface area (Å²) in [5.74, 6) is 0.573. The summed E-state index contributed by atoms with van der Waals surface area (Å²) in [4.78, 5) is 15.8. The molecule has 1 fully saturated rings. The Balaban J connectivity index is 1.45. The molecule has 1 aliphatic carbocycles. The lowest BCUT2D eigenvalue weighted by atomic mass is 9.90. The second-order valence-electron chi connectivity index (χ2n) is 7.93. The molecule has 0 radical (unpaired) electrons. The molecule has 160 valence electrons. The van der Waals surface area contributed by atoms with E-state index in [-0.39, 0.29) is 17.9 Å². The van der Waals surface area contributed by atoms with Crippen molar-refractivity contribution in [2.75, 3.05) is 0 Å². The van der Waals surface area contributed by atoms with Gasteiger partial charge in [-0.3, -0.25) is 4.79 Å². The molecular formula is C26H22BrN3O2. The van der Waals surface area contributed by atoms with Crippen LogP contribution in [0.5, 0.6) is 0 Å². The lowest BCUT2D eigenvalue weighted by Gasteiger charge is -2.27. The standard InChI is InChI=1S/C26H22BrN3O2/c27-22-14-8-7-13-21(22)25-29-28-23(32-25)17-30(20-15-16-20)26(31)24(18-9-3-1-4-10-18)19-11-5-2-6-12-19/h1-14,20,24H,15-17H2. The predicted molar refractivity (Wildman–Crippen MR) is 126 cm³/mol. The first-order valence-corrected chi connectivity index (χ1v) is 11.5. The maximum Gasteiger partial charge on any atom is 0.248 e. The fourth-order valence-electron chi connectivity index (χ4n) is 3.91. The minimum atomic E-state index is -0.372. The van der Waals surface area contributed by atoms with Gasteiger partial charge in [-0.05, 0) is 52.0 Å². The monoisotopic (exact) mass is 487 g/mol. The van der Waals surface area contributed by atoms with Crippen LogP contribution >= 0.6 is 15.9 Å². The van der Waals surface area contributed by atoms with Crippen LogP contribution in [-0.2, 0) is 11.3 Å². The number of rotatable bonds is 7. The van der Waals surface area contributed by atoms with Crippen molar-refractivity contribution in [3.63, 3.8) is 0 Å². The molecule has 1 aliphatic rings. The fraction of sp³-hybridized carbons (Fsp3) is 0.192. The lowest BCUT2D eigenvalue weighted by Crippen LogP contribution is -2.37. The zero-order valence-electron chi connectivity index (χ0n) is 17.4. The largest absolute Gasteiger partial charge is 0.419 e. The van der Waals surface area contributed by atoms with Crippen molar-refractivity contribution in [2.45, 2.75) is 31.3 Å². The lowest BCUT2D eigenvalue weighted by molar-refractivity contribution is -0.133. The molecule has 0 unspecified atom stereocenters. The third kappa shape index (κ3) is 4.36. The molecule has 1 heterocycles. The van der Waals surface area contributed by atoms with Gasteiger partial charge in [0.25, 0.3) is 0 Å². The number of benzene rings is 3. The molecule has 0 spiro atoms. The quantitative estimate of drug-likeness (QED) is 0.329. The van der Waals surface area contributed by atoms with E-state index in [0.29, 0.717) is 18.3 Å². The van der Waals surface area contributed by atoms with E-state index in [9.17, 15) is 4.79 Å². The number of halogens is 1. The van der Waals surface area contributed by atoms with Crippen LogP contribution in [0.2, 0.25) is 0 Å². The van der Waals surface area contributed by atoms with Crippen molar-refractivity contribution in [3.8, 4) is 11.5 Å². The highest BCUT2D eigenvalue weighted by atomic mass is 79.9. The summed E-state index contributed by atoms with van der Waals surface area (Å²) >= 11 is 3.53. The molecule has 1 amide bonds. The Kier molecular flexibility index (Phi) is 5.86. The maximum atomic E-state index is 13.9. The minimum absolute atomic E-state index is 0.0607. The van der Waals surface area contributed by atoms with Crippen molar-refractivity contribution in [3.05, 3.63) is 106 Å². The summed E-state index contributed by atoms with van der Waals surface area (Å²) < 4.78 is 6.84. The van der Waals surface area contributed by atoms with E-state index in [1.54, 1.807) is 0 Å². The fourth-order valence-corrected chi connectivity index (χ4v) is 4.37. The summed E-state index contributed by atoms with van der Waals surface area (Å²) in [5, 5.41) is 8.46. The van der Waals surface area contributed by atoms with Gasteiger partial charge in [0.1, 0.15) is 0 Å². The number of carbonyl (C=O) groups excluding carboxylic acids is 1. The van der Waals surface area contributed by atoms with Gasteiger partial charge >= 0.3 is 0 Å². The van der Waals surface area contributed by atoms with Crippen molar-refractivity contribution >= 4 is 21.8 Å². The normalized spacial score (nSPS) is 13.3. The number of aromatic nitrogens is 2. The highest BCUT2D eigenvalue weighted by Crippen LogP contribution is 2.35. The first-order chi connectivity index (χ1) is 15.7. The van der Waals surface area contributed by atoms with Crippen LogP contribution in [-0.4, -0.2) is 27.0 Å². The molecule has 1 saturated carbocycles. The van der Waals surface area contributed by atoms with E-state index in [1.165, 1.54) is 0 Å². The summed E-state index contributed by atoms with van der Waals surface area (Å²) in [6.45, 7) is 0.303. The smallest absolute Gasteiger partial charge is 0.248 e. The average Bonchev–Trinajstić information content (AvgIpc) is 3.57. The SMILES string of the molecule is O=C(C(c1ccccc1)c1ccccc1)N(Cc1nnc(-c2ccccc2Br)o1)C1CC1. The zero-order chi connectivity index (χ0) is 21.9. The molecule has 32 heavy (non-hydrogen) atoms. The third-order valence-electron chi connectivity index (χ3n) is 5.66. The zero-order valence-corrected chi connectivity index (χ0v) is 19.0. The molecular weight excluding hydrogens is 466 g/mol. The molecule has 1 aromatic heterocycles. The van der Waals surface area contributed by atoms with Gasteiger partial charge in [0.2, 0.25) is 17.7 Å². The average molecular weight is 488 g/mol. The number of amides is 1. The van der Waals surface area contributed by atoms with E-state index < -0.39 is 0 Å². The number of nitrogens with zero attached hydrogens (tertiary/aromatic N) is 3. The summed E-state index contributed by atoms with van der Waals surface area (Å²) in [5.41, 5.74) is 2.80. The molecule has 5 rings (SSSR count). The van der Waals surface area contributed by atoms with Gasteiger partial charge in [-0.15, -0.1) is 10.2 Å². The van der Waals surface area contributed by atoms with Gasteiger partial charge in [0, 0.05) is 10.5 Å². The Bertz CT molecular complexity index is 1170. The van der Waals surface area contributed by atoms with Crippen LogP contribution in [0.4, 0.5) is 0 Å². The number of hydrogen-bond acceptors (Lipinski definition) is 4. The molecule has 0 atom stereocenters. The second kappa shape index (κ2) is 9.09. The molecule has 4 aromatic rings. The van der Waals surface area contributed by atoms with Crippen LogP contribution < -0.4 is 0 Å². The molecule has 0 N–H and O–H groups in total. The van der Waals surface area contributed by atoms with Crippen LogP contribution in [0.1, 0.15) is 35.8 Å². The first-order valence-electron chi connectivity index (χ1n) is 10.7.